The lowest BCUT2D eigenvalue weighted by Crippen LogP contribution is -2.35. The average molecular weight is 252 g/mol. The van der Waals surface area contributed by atoms with Crippen LogP contribution < -0.4 is 5.32 Å². The summed E-state index contributed by atoms with van der Waals surface area (Å²) in [6.07, 6.45) is 5.02. The summed E-state index contributed by atoms with van der Waals surface area (Å²) in [4.78, 5) is 6.30. The van der Waals surface area contributed by atoms with Crippen LogP contribution in [-0.4, -0.2) is 10.5 Å². The van der Waals surface area contributed by atoms with Crippen LogP contribution in [0.1, 0.15) is 68.5 Å². The zero-order valence-corrected chi connectivity index (χ0v) is 12.3. The number of hydrogen-bond donors (Lipinski definition) is 1. The topological polar surface area (TPSA) is 24.9 Å². The van der Waals surface area contributed by atoms with Gasteiger partial charge in [0.25, 0.3) is 0 Å². The van der Waals surface area contributed by atoms with E-state index in [9.17, 15) is 0 Å². The third-order valence-electron chi connectivity index (χ3n) is 2.99. The number of aryl methyl sites for hydroxylation is 1. The number of nitrogens with one attached hydrogen (secondary N) is 1. The summed E-state index contributed by atoms with van der Waals surface area (Å²) >= 11 is 1.94. The van der Waals surface area contributed by atoms with E-state index < -0.39 is 0 Å². The van der Waals surface area contributed by atoms with Crippen LogP contribution in [0, 0.1) is 0 Å². The van der Waals surface area contributed by atoms with Gasteiger partial charge in [-0.05, 0) is 40.0 Å². The van der Waals surface area contributed by atoms with Crippen LogP contribution in [0.2, 0.25) is 0 Å². The summed E-state index contributed by atoms with van der Waals surface area (Å²) in [6, 6.07) is 0. The monoisotopic (exact) mass is 252 g/mol. The van der Waals surface area contributed by atoms with Gasteiger partial charge in [-0.2, -0.15) is 0 Å². The van der Waals surface area contributed by atoms with Crippen molar-refractivity contribution >= 4 is 11.3 Å². The molecule has 0 amide bonds. The molecule has 0 aromatic carbocycles. The Morgan fingerprint density at radius 1 is 1.35 bits per heavy atom. The van der Waals surface area contributed by atoms with E-state index in [1.807, 2.05) is 11.3 Å². The summed E-state index contributed by atoms with van der Waals surface area (Å²) in [7, 11) is 0. The highest BCUT2D eigenvalue weighted by molar-refractivity contribution is 7.11. The maximum Gasteiger partial charge on any atom is 0.0962 e. The van der Waals surface area contributed by atoms with Crippen LogP contribution in [0.4, 0.5) is 0 Å². The third kappa shape index (κ3) is 3.78. The predicted octanol–water partition coefficient (Wildman–Crippen LogP) is 3.86. The Bertz CT molecular complexity index is 372. The van der Waals surface area contributed by atoms with E-state index in [4.69, 9.17) is 4.98 Å². The minimum atomic E-state index is 0.188. The van der Waals surface area contributed by atoms with E-state index >= 15 is 0 Å². The highest BCUT2D eigenvalue weighted by atomic mass is 32.1. The Kier molecular flexibility index (Phi) is 3.88. The van der Waals surface area contributed by atoms with Crippen molar-refractivity contribution in [2.24, 2.45) is 0 Å². The van der Waals surface area contributed by atoms with Gasteiger partial charge in [0, 0.05) is 22.9 Å². The van der Waals surface area contributed by atoms with Gasteiger partial charge in [0.1, 0.15) is 0 Å². The van der Waals surface area contributed by atoms with Crippen molar-refractivity contribution in [3.63, 3.8) is 0 Å². The second-order valence-corrected chi connectivity index (χ2v) is 7.17. The maximum atomic E-state index is 4.84. The highest BCUT2D eigenvalue weighted by Crippen LogP contribution is 2.42. The van der Waals surface area contributed by atoms with Crippen molar-refractivity contribution in [3.8, 4) is 0 Å². The van der Waals surface area contributed by atoms with Crippen molar-refractivity contribution in [2.75, 3.05) is 0 Å². The van der Waals surface area contributed by atoms with Crippen molar-refractivity contribution < 1.29 is 0 Å². The summed E-state index contributed by atoms with van der Waals surface area (Å²) in [5, 5.41) is 4.97. The lowest BCUT2D eigenvalue weighted by molar-refractivity contribution is 0.425. The molecule has 0 aliphatic heterocycles. The second-order valence-electron chi connectivity index (χ2n) is 6.05. The second kappa shape index (κ2) is 5.07. The lowest BCUT2D eigenvalue weighted by Gasteiger charge is -2.20. The molecule has 1 fully saturated rings. The molecule has 17 heavy (non-hydrogen) atoms. The molecule has 1 heterocycles. The Hall–Kier alpha value is -0.410. The van der Waals surface area contributed by atoms with Gasteiger partial charge in [-0.1, -0.05) is 13.3 Å². The molecule has 2 rings (SSSR count). The Balaban J connectivity index is 2.07. The molecule has 0 radical (unpaired) electrons. The van der Waals surface area contributed by atoms with E-state index in [0.29, 0.717) is 0 Å². The lowest BCUT2D eigenvalue weighted by atomic mass is 10.1. The van der Waals surface area contributed by atoms with Gasteiger partial charge in [-0.25, -0.2) is 4.98 Å². The highest BCUT2D eigenvalue weighted by Gasteiger charge is 2.28. The normalized spacial score (nSPS) is 16.5. The molecule has 0 saturated heterocycles. The maximum absolute atomic E-state index is 4.84. The molecule has 1 aromatic rings. The molecule has 96 valence electrons. The SMILES string of the molecule is CCCc1nc(C2CC2)sc1CNC(C)(C)C. The number of nitrogens with zero attached hydrogens (tertiary/aromatic N) is 1. The van der Waals surface area contributed by atoms with E-state index in [1.54, 1.807) is 0 Å². The number of hydrogen-bond acceptors (Lipinski definition) is 3. The first-order valence-electron chi connectivity index (χ1n) is 6.73. The molecule has 1 N–H and O–H groups in total. The fraction of sp³-hybridized carbons (Fsp3) is 0.786. The molecular weight excluding hydrogens is 228 g/mol. The van der Waals surface area contributed by atoms with Crippen molar-refractivity contribution in [2.45, 2.75) is 71.4 Å². The molecule has 3 heteroatoms. The fourth-order valence-electron chi connectivity index (χ4n) is 1.82. The molecule has 1 aromatic heterocycles. The summed E-state index contributed by atoms with van der Waals surface area (Å²) in [5.74, 6) is 0.791. The van der Waals surface area contributed by atoms with Gasteiger partial charge in [-0.3, -0.25) is 0 Å². The van der Waals surface area contributed by atoms with Gasteiger partial charge in [0.2, 0.25) is 0 Å². The minimum Gasteiger partial charge on any atom is -0.307 e. The Morgan fingerprint density at radius 2 is 2.06 bits per heavy atom. The van der Waals surface area contributed by atoms with E-state index in [0.717, 1.165) is 18.9 Å². The van der Waals surface area contributed by atoms with Gasteiger partial charge >= 0.3 is 0 Å². The average Bonchev–Trinajstić information content (AvgIpc) is 2.99. The quantitative estimate of drug-likeness (QED) is 0.860. The van der Waals surface area contributed by atoms with Gasteiger partial charge in [0.05, 0.1) is 10.7 Å². The van der Waals surface area contributed by atoms with E-state index in [-0.39, 0.29) is 5.54 Å². The van der Waals surface area contributed by atoms with Crippen LogP contribution in [0.5, 0.6) is 0 Å². The first-order chi connectivity index (χ1) is 7.99. The zero-order valence-electron chi connectivity index (χ0n) is 11.5. The summed E-state index contributed by atoms with van der Waals surface area (Å²) in [6.45, 7) is 9.86. The molecule has 1 aliphatic rings. The minimum absolute atomic E-state index is 0.188. The van der Waals surface area contributed by atoms with E-state index in [2.05, 4.69) is 33.0 Å². The van der Waals surface area contributed by atoms with Crippen molar-refractivity contribution in [3.05, 3.63) is 15.6 Å². The zero-order chi connectivity index (χ0) is 12.5. The first kappa shape index (κ1) is 13.0. The largest absolute Gasteiger partial charge is 0.307 e. The fourth-order valence-corrected chi connectivity index (χ4v) is 3.04. The van der Waals surface area contributed by atoms with Gasteiger partial charge in [0.15, 0.2) is 0 Å². The van der Waals surface area contributed by atoms with Crippen LogP contribution >= 0.6 is 11.3 Å². The predicted molar refractivity (Wildman–Crippen MR) is 74.7 cm³/mol. The van der Waals surface area contributed by atoms with Crippen LogP contribution in [0.15, 0.2) is 0 Å². The third-order valence-corrected chi connectivity index (χ3v) is 4.25. The van der Waals surface area contributed by atoms with Crippen LogP contribution in [0.3, 0.4) is 0 Å². The Morgan fingerprint density at radius 3 is 2.59 bits per heavy atom. The molecule has 0 unspecified atom stereocenters. The van der Waals surface area contributed by atoms with Gasteiger partial charge < -0.3 is 5.32 Å². The standard InChI is InChI=1S/C14H24N2S/c1-5-6-11-12(9-15-14(2,3)4)17-13(16-11)10-7-8-10/h10,15H,5-9H2,1-4H3. The first-order valence-corrected chi connectivity index (χ1v) is 7.54. The molecule has 0 spiro atoms. The Labute approximate surface area is 109 Å². The number of aromatic nitrogens is 1. The summed E-state index contributed by atoms with van der Waals surface area (Å²) < 4.78 is 0. The van der Waals surface area contributed by atoms with Crippen LogP contribution in [-0.2, 0) is 13.0 Å². The molecule has 1 aliphatic carbocycles. The van der Waals surface area contributed by atoms with Crippen molar-refractivity contribution in [1.82, 2.24) is 10.3 Å². The molecule has 1 saturated carbocycles. The molecule has 0 atom stereocenters. The van der Waals surface area contributed by atoms with Crippen molar-refractivity contribution in [1.29, 1.82) is 0 Å². The molecular formula is C14H24N2S. The number of rotatable bonds is 5. The van der Waals surface area contributed by atoms with E-state index in [1.165, 1.54) is 34.8 Å². The van der Waals surface area contributed by atoms with Gasteiger partial charge in [-0.15, -0.1) is 11.3 Å². The smallest absolute Gasteiger partial charge is 0.0962 e. The molecule has 2 nitrogen and oxygen atoms in total. The number of thiazole rings is 1. The van der Waals surface area contributed by atoms with Crippen LogP contribution in [0.25, 0.3) is 0 Å². The molecule has 0 bridgehead atoms. The summed E-state index contributed by atoms with van der Waals surface area (Å²) in [5.41, 5.74) is 1.53.